The standard InChI is InChI=1S/C29H29N7O2S/c30-25-15-23(21-9-5-2-6-10-21)34-36(25)17-28-32-26(35-38-28)16-27(37)33-29-31-24(18-39-29)22-13-11-20(12-14-22)19-7-3-1-4-8-19/h2,5-6,9-15,18-19H,1,3-4,7-8,16-17,30H2,(H,31,33,37). The van der Waals surface area contributed by atoms with E-state index in [1.165, 1.54) is 49.0 Å². The minimum atomic E-state index is -0.263. The molecule has 1 aliphatic rings. The van der Waals surface area contributed by atoms with Crippen molar-refractivity contribution in [2.75, 3.05) is 11.1 Å². The highest BCUT2D eigenvalue weighted by Gasteiger charge is 2.17. The van der Waals surface area contributed by atoms with E-state index in [2.05, 4.69) is 49.8 Å². The maximum Gasteiger partial charge on any atom is 0.248 e. The second kappa shape index (κ2) is 11.2. The number of aromatic nitrogens is 5. The molecule has 10 heteroatoms. The zero-order valence-corrected chi connectivity index (χ0v) is 22.2. The highest BCUT2D eigenvalue weighted by Crippen LogP contribution is 2.34. The number of anilines is 2. The van der Waals surface area contributed by atoms with Crippen molar-refractivity contribution in [2.24, 2.45) is 0 Å². The second-order valence-electron chi connectivity index (χ2n) is 9.80. The molecule has 0 saturated heterocycles. The van der Waals surface area contributed by atoms with Crippen molar-refractivity contribution in [3.8, 4) is 22.5 Å². The molecule has 0 bridgehead atoms. The number of nitrogens with one attached hydrogen (secondary N) is 1. The van der Waals surface area contributed by atoms with Crippen LogP contribution in [0, 0.1) is 0 Å². The first kappa shape index (κ1) is 25.0. The average molecular weight is 540 g/mol. The van der Waals surface area contributed by atoms with Gasteiger partial charge in [-0.15, -0.1) is 11.3 Å². The molecule has 5 aromatic rings. The predicted octanol–water partition coefficient (Wildman–Crippen LogP) is 5.92. The third kappa shape index (κ3) is 5.91. The van der Waals surface area contributed by atoms with Gasteiger partial charge in [0.05, 0.1) is 17.8 Å². The van der Waals surface area contributed by atoms with Crippen molar-refractivity contribution in [3.05, 3.63) is 83.3 Å². The van der Waals surface area contributed by atoms with Crippen LogP contribution < -0.4 is 11.1 Å². The Hall–Kier alpha value is -4.31. The Morgan fingerprint density at radius 3 is 2.56 bits per heavy atom. The van der Waals surface area contributed by atoms with Crippen molar-refractivity contribution in [1.82, 2.24) is 24.9 Å². The monoisotopic (exact) mass is 539 g/mol. The molecule has 39 heavy (non-hydrogen) atoms. The first-order valence-corrected chi connectivity index (χ1v) is 14.0. The highest BCUT2D eigenvalue weighted by molar-refractivity contribution is 7.14. The molecular formula is C29H29N7O2S. The maximum absolute atomic E-state index is 12.6. The van der Waals surface area contributed by atoms with Crippen LogP contribution in [0.1, 0.15) is 55.3 Å². The van der Waals surface area contributed by atoms with E-state index in [1.54, 1.807) is 10.7 Å². The largest absolute Gasteiger partial charge is 0.384 e. The van der Waals surface area contributed by atoms with Gasteiger partial charge in [0.2, 0.25) is 11.8 Å². The van der Waals surface area contributed by atoms with Gasteiger partial charge >= 0.3 is 0 Å². The molecule has 198 valence electrons. The molecule has 3 N–H and O–H groups in total. The van der Waals surface area contributed by atoms with E-state index in [4.69, 9.17) is 10.3 Å². The third-order valence-corrected chi connectivity index (χ3v) is 7.79. The van der Waals surface area contributed by atoms with Crippen molar-refractivity contribution >= 4 is 28.2 Å². The van der Waals surface area contributed by atoms with Crippen LogP contribution in [0.5, 0.6) is 0 Å². The fraction of sp³-hybridized carbons (Fsp3) is 0.276. The number of nitrogens with zero attached hydrogens (tertiary/aromatic N) is 5. The van der Waals surface area contributed by atoms with Gasteiger partial charge < -0.3 is 15.6 Å². The van der Waals surface area contributed by atoms with Crippen molar-refractivity contribution in [3.63, 3.8) is 0 Å². The summed E-state index contributed by atoms with van der Waals surface area (Å²) in [6.45, 7) is 0.211. The number of hydrogen-bond acceptors (Lipinski definition) is 8. The molecular weight excluding hydrogens is 510 g/mol. The summed E-state index contributed by atoms with van der Waals surface area (Å²) in [7, 11) is 0. The lowest BCUT2D eigenvalue weighted by Gasteiger charge is -2.22. The van der Waals surface area contributed by atoms with Gasteiger partial charge in [0.1, 0.15) is 12.4 Å². The topological polar surface area (TPSA) is 125 Å². The summed E-state index contributed by atoms with van der Waals surface area (Å²) in [5.41, 5.74) is 11.2. The number of carbonyl (C=O) groups excluding carboxylic acids is 1. The Kier molecular flexibility index (Phi) is 7.18. The Balaban J connectivity index is 1.04. The van der Waals surface area contributed by atoms with Gasteiger partial charge in [-0.1, -0.05) is 79.0 Å². The molecule has 3 heterocycles. The van der Waals surface area contributed by atoms with Crippen LogP contribution in [0.4, 0.5) is 10.9 Å². The first-order chi connectivity index (χ1) is 19.1. The Morgan fingerprint density at radius 1 is 1.00 bits per heavy atom. The summed E-state index contributed by atoms with van der Waals surface area (Å²) in [5.74, 6) is 1.50. The maximum atomic E-state index is 12.6. The summed E-state index contributed by atoms with van der Waals surface area (Å²) in [4.78, 5) is 21.6. The minimum absolute atomic E-state index is 0.0294. The Bertz CT molecular complexity index is 1550. The van der Waals surface area contributed by atoms with E-state index in [0.29, 0.717) is 22.8 Å². The van der Waals surface area contributed by atoms with Gasteiger partial charge in [-0.2, -0.15) is 10.1 Å². The average Bonchev–Trinajstić information content (AvgIpc) is 3.71. The van der Waals surface area contributed by atoms with Gasteiger partial charge in [-0.25, -0.2) is 9.67 Å². The van der Waals surface area contributed by atoms with Gasteiger partial charge in [-0.3, -0.25) is 4.79 Å². The molecule has 3 aromatic heterocycles. The summed E-state index contributed by atoms with van der Waals surface area (Å²) in [6, 6.07) is 20.3. The SMILES string of the molecule is Nc1cc(-c2ccccc2)nn1Cc1nc(CC(=O)Nc2nc(-c3ccc(C4CCCCC4)cc3)cs2)no1. The van der Waals surface area contributed by atoms with Gasteiger partial charge in [0, 0.05) is 22.6 Å². The molecule has 1 aliphatic carbocycles. The minimum Gasteiger partial charge on any atom is -0.384 e. The Labute approximate surface area is 230 Å². The predicted molar refractivity (Wildman–Crippen MR) is 151 cm³/mol. The van der Waals surface area contributed by atoms with Crippen molar-refractivity contribution in [2.45, 2.75) is 51.0 Å². The van der Waals surface area contributed by atoms with E-state index in [-0.39, 0.29) is 24.7 Å². The van der Waals surface area contributed by atoms with E-state index < -0.39 is 0 Å². The van der Waals surface area contributed by atoms with Crippen LogP contribution in [-0.4, -0.2) is 30.8 Å². The van der Waals surface area contributed by atoms with Gasteiger partial charge in [0.25, 0.3) is 0 Å². The molecule has 0 spiro atoms. The second-order valence-corrected chi connectivity index (χ2v) is 10.7. The van der Waals surface area contributed by atoms with Gasteiger partial charge in [0.15, 0.2) is 11.0 Å². The van der Waals surface area contributed by atoms with E-state index in [0.717, 1.165) is 22.5 Å². The number of hydrogen-bond donors (Lipinski definition) is 2. The number of amides is 1. The van der Waals surface area contributed by atoms with Crippen LogP contribution in [0.2, 0.25) is 0 Å². The molecule has 2 aromatic carbocycles. The summed E-state index contributed by atoms with van der Waals surface area (Å²) >= 11 is 1.39. The van der Waals surface area contributed by atoms with Crippen LogP contribution in [0.25, 0.3) is 22.5 Å². The number of rotatable bonds is 8. The number of carbonyl (C=O) groups is 1. The fourth-order valence-corrected chi connectivity index (χ4v) is 5.73. The van der Waals surface area contributed by atoms with Gasteiger partial charge in [-0.05, 0) is 24.3 Å². The normalized spacial score (nSPS) is 13.9. The van der Waals surface area contributed by atoms with Crippen LogP contribution in [0.15, 0.2) is 70.6 Å². The summed E-state index contributed by atoms with van der Waals surface area (Å²) in [5, 5.41) is 13.8. The summed E-state index contributed by atoms with van der Waals surface area (Å²) in [6.07, 6.45) is 6.52. The van der Waals surface area contributed by atoms with E-state index >= 15 is 0 Å². The van der Waals surface area contributed by atoms with E-state index in [9.17, 15) is 4.79 Å². The number of benzene rings is 2. The molecule has 0 radical (unpaired) electrons. The summed E-state index contributed by atoms with van der Waals surface area (Å²) < 4.78 is 6.93. The molecule has 0 atom stereocenters. The van der Waals surface area contributed by atoms with E-state index in [1.807, 2.05) is 35.7 Å². The zero-order valence-electron chi connectivity index (χ0n) is 21.4. The molecule has 9 nitrogen and oxygen atoms in total. The lowest BCUT2D eigenvalue weighted by Crippen LogP contribution is -2.15. The number of nitrogens with two attached hydrogens (primary N) is 1. The molecule has 1 amide bonds. The van der Waals surface area contributed by atoms with Crippen LogP contribution in [-0.2, 0) is 17.8 Å². The fourth-order valence-electron chi connectivity index (χ4n) is 4.99. The molecule has 6 rings (SSSR count). The number of nitrogen functional groups attached to an aromatic ring is 1. The van der Waals surface area contributed by atoms with Crippen LogP contribution in [0.3, 0.4) is 0 Å². The van der Waals surface area contributed by atoms with Crippen molar-refractivity contribution in [1.29, 1.82) is 0 Å². The molecule has 0 unspecified atom stereocenters. The third-order valence-electron chi connectivity index (χ3n) is 7.03. The smallest absolute Gasteiger partial charge is 0.248 e. The zero-order chi connectivity index (χ0) is 26.6. The first-order valence-electron chi connectivity index (χ1n) is 13.2. The van der Waals surface area contributed by atoms with Crippen LogP contribution >= 0.6 is 11.3 Å². The lowest BCUT2D eigenvalue weighted by molar-refractivity contribution is -0.115. The van der Waals surface area contributed by atoms with Crippen molar-refractivity contribution < 1.29 is 9.32 Å². The Morgan fingerprint density at radius 2 is 1.77 bits per heavy atom. The molecule has 0 aliphatic heterocycles. The quantitative estimate of drug-likeness (QED) is 0.251. The number of thiazole rings is 1. The molecule has 1 fully saturated rings. The molecule has 1 saturated carbocycles. The lowest BCUT2D eigenvalue weighted by atomic mass is 9.84. The highest BCUT2D eigenvalue weighted by atomic mass is 32.1.